The highest BCUT2D eigenvalue weighted by Gasteiger charge is 2.22. The van der Waals surface area contributed by atoms with Gasteiger partial charge in [-0.1, -0.05) is 29.3 Å². The number of rotatable bonds is 2. The van der Waals surface area contributed by atoms with Gasteiger partial charge in [-0.05, 0) is 36.5 Å². The lowest BCUT2D eigenvalue weighted by atomic mass is 10.3. The predicted octanol–water partition coefficient (Wildman–Crippen LogP) is 3.07. The molecule has 98 valence electrons. The summed E-state index contributed by atoms with van der Waals surface area (Å²) in [6.07, 6.45) is 5.22. The molecule has 3 nitrogen and oxygen atoms in total. The Balaban J connectivity index is 2.03. The molecule has 0 saturated carbocycles. The van der Waals surface area contributed by atoms with E-state index in [0.717, 1.165) is 23.2 Å². The molecule has 6 heteroatoms. The number of thioether (sulfide) groups is 1. The van der Waals surface area contributed by atoms with Gasteiger partial charge in [0.1, 0.15) is 6.54 Å². The van der Waals surface area contributed by atoms with E-state index in [1.165, 1.54) is 0 Å². The summed E-state index contributed by atoms with van der Waals surface area (Å²) in [7, 11) is 0. The van der Waals surface area contributed by atoms with Gasteiger partial charge in [-0.3, -0.25) is 4.90 Å². The van der Waals surface area contributed by atoms with E-state index in [0.29, 0.717) is 16.7 Å². The number of nitrogens with zero attached hydrogens (tertiary/aromatic N) is 2. The Kier molecular flexibility index (Phi) is 5.08. The van der Waals surface area contributed by atoms with Gasteiger partial charge in [0.2, 0.25) is 0 Å². The smallest absolute Gasteiger partial charge is 0.179 e. The number of hydrogen-bond donors (Lipinski definition) is 1. The van der Waals surface area contributed by atoms with Gasteiger partial charge in [0.15, 0.2) is 10.3 Å². The third-order valence-electron chi connectivity index (χ3n) is 2.42. The Morgan fingerprint density at radius 2 is 2.26 bits per heavy atom. The van der Waals surface area contributed by atoms with Crippen LogP contribution in [0.2, 0.25) is 5.02 Å². The van der Waals surface area contributed by atoms with Crippen LogP contribution < -0.4 is 5.32 Å². The van der Waals surface area contributed by atoms with Crippen molar-refractivity contribution in [3.05, 3.63) is 29.3 Å². The molecular formula is C13H12ClN3S2. The van der Waals surface area contributed by atoms with Crippen molar-refractivity contribution in [2.75, 3.05) is 24.2 Å². The average Bonchev–Trinajstić information content (AvgIpc) is 2.87. The van der Waals surface area contributed by atoms with Crippen molar-refractivity contribution >= 4 is 51.5 Å². The monoisotopic (exact) mass is 309 g/mol. The van der Waals surface area contributed by atoms with Gasteiger partial charge < -0.3 is 5.32 Å². The van der Waals surface area contributed by atoms with Crippen molar-refractivity contribution in [1.82, 2.24) is 4.90 Å². The first-order valence-corrected chi connectivity index (χ1v) is 7.42. The van der Waals surface area contributed by atoms with Gasteiger partial charge in [0.25, 0.3) is 0 Å². The Labute approximate surface area is 127 Å². The lowest BCUT2D eigenvalue weighted by molar-refractivity contribution is 0.685. The third kappa shape index (κ3) is 3.87. The Bertz CT molecular complexity index is 534. The van der Waals surface area contributed by atoms with Crippen LogP contribution in [0.5, 0.6) is 0 Å². The number of nitrogens with one attached hydrogen (secondary N) is 1. The molecule has 0 amide bonds. The third-order valence-corrected chi connectivity index (χ3v) is 3.99. The molecule has 1 aromatic rings. The Morgan fingerprint density at radius 1 is 1.53 bits per heavy atom. The highest BCUT2D eigenvalue weighted by Crippen LogP contribution is 2.20. The highest BCUT2D eigenvalue weighted by atomic mass is 35.5. The van der Waals surface area contributed by atoms with Crippen LogP contribution >= 0.6 is 35.6 Å². The quantitative estimate of drug-likeness (QED) is 0.671. The van der Waals surface area contributed by atoms with E-state index in [2.05, 4.69) is 16.2 Å². The van der Waals surface area contributed by atoms with Gasteiger partial charge in [0, 0.05) is 23.0 Å². The van der Waals surface area contributed by atoms with Crippen LogP contribution in [0.4, 0.5) is 5.69 Å². The first-order chi connectivity index (χ1) is 9.20. The summed E-state index contributed by atoms with van der Waals surface area (Å²) >= 11 is 12.9. The van der Waals surface area contributed by atoms with Crippen molar-refractivity contribution in [3.8, 4) is 12.3 Å². The molecule has 1 aliphatic rings. The maximum absolute atomic E-state index is 5.84. The first-order valence-electron chi connectivity index (χ1n) is 5.65. The summed E-state index contributed by atoms with van der Waals surface area (Å²) in [5, 5.41) is 5.38. The average molecular weight is 310 g/mol. The van der Waals surface area contributed by atoms with Crippen LogP contribution in [0.3, 0.4) is 0 Å². The van der Waals surface area contributed by atoms with E-state index < -0.39 is 0 Å². The van der Waals surface area contributed by atoms with Crippen LogP contribution in [0.25, 0.3) is 0 Å². The van der Waals surface area contributed by atoms with Crippen LogP contribution in [0, 0.1) is 12.3 Å². The number of amidine groups is 1. The molecule has 0 aromatic heterocycles. The number of hydrogen-bond acceptors (Lipinski definition) is 3. The van der Waals surface area contributed by atoms with Crippen LogP contribution in [-0.2, 0) is 0 Å². The van der Waals surface area contributed by atoms with Gasteiger partial charge in [0.05, 0.1) is 0 Å². The molecule has 0 spiro atoms. The molecule has 0 atom stereocenters. The number of aliphatic imine (C=N–C) groups is 1. The number of thiocarbonyl (C=S) groups is 1. The maximum atomic E-state index is 5.84. The molecule has 1 saturated heterocycles. The Hall–Kier alpha value is -1.22. The SMILES string of the molecule is C#CCN=C1SCCN1C(=S)Nc1ccc(Cl)cc1. The topological polar surface area (TPSA) is 27.6 Å². The van der Waals surface area contributed by atoms with Crippen LogP contribution in [0.1, 0.15) is 0 Å². The molecule has 1 heterocycles. The van der Waals surface area contributed by atoms with Gasteiger partial charge in [-0.2, -0.15) is 0 Å². The van der Waals surface area contributed by atoms with Crippen molar-refractivity contribution < 1.29 is 0 Å². The molecule has 0 bridgehead atoms. The normalized spacial score (nSPS) is 16.4. The molecular weight excluding hydrogens is 298 g/mol. The molecule has 1 N–H and O–H groups in total. The van der Waals surface area contributed by atoms with E-state index in [1.807, 2.05) is 29.2 Å². The molecule has 1 aliphatic heterocycles. The molecule has 19 heavy (non-hydrogen) atoms. The van der Waals surface area contributed by atoms with Crippen molar-refractivity contribution in [3.63, 3.8) is 0 Å². The molecule has 1 fully saturated rings. The van der Waals surface area contributed by atoms with Gasteiger partial charge >= 0.3 is 0 Å². The lowest BCUT2D eigenvalue weighted by Gasteiger charge is -2.19. The molecule has 1 aromatic carbocycles. The van der Waals surface area contributed by atoms with Crippen LogP contribution in [-0.4, -0.2) is 34.0 Å². The second-order valence-corrected chi connectivity index (χ2v) is 5.63. The minimum atomic E-state index is 0.377. The largest absolute Gasteiger partial charge is 0.332 e. The summed E-state index contributed by atoms with van der Waals surface area (Å²) in [5.74, 6) is 3.47. The van der Waals surface area contributed by atoms with Crippen molar-refractivity contribution in [2.45, 2.75) is 0 Å². The lowest BCUT2D eigenvalue weighted by Crippen LogP contribution is -2.35. The molecule has 0 unspecified atom stereocenters. The fourth-order valence-electron chi connectivity index (χ4n) is 1.56. The van der Waals surface area contributed by atoms with Crippen LogP contribution in [0.15, 0.2) is 29.3 Å². The molecule has 0 aliphatic carbocycles. The molecule has 2 rings (SSSR count). The van der Waals surface area contributed by atoms with E-state index >= 15 is 0 Å². The highest BCUT2D eigenvalue weighted by molar-refractivity contribution is 8.14. The standard InChI is InChI=1S/C13H12ClN3S2/c1-2-7-15-13-17(8-9-19-13)12(18)16-11-5-3-10(14)4-6-11/h1,3-6H,7-9H2,(H,16,18). The summed E-state index contributed by atoms with van der Waals surface area (Å²) in [6.45, 7) is 1.22. The number of halogens is 1. The van der Waals surface area contributed by atoms with E-state index in [4.69, 9.17) is 30.2 Å². The first kappa shape index (κ1) is 14.2. The zero-order valence-electron chi connectivity index (χ0n) is 10.1. The van der Waals surface area contributed by atoms with E-state index in [9.17, 15) is 0 Å². The van der Waals surface area contributed by atoms with Crippen molar-refractivity contribution in [2.24, 2.45) is 4.99 Å². The summed E-state index contributed by atoms with van der Waals surface area (Å²) in [5.41, 5.74) is 0.905. The number of anilines is 1. The van der Waals surface area contributed by atoms with E-state index in [1.54, 1.807) is 11.8 Å². The number of benzene rings is 1. The summed E-state index contributed by atoms with van der Waals surface area (Å²) in [4.78, 5) is 6.28. The van der Waals surface area contributed by atoms with Gasteiger partial charge in [-0.25, -0.2) is 4.99 Å². The maximum Gasteiger partial charge on any atom is 0.179 e. The second-order valence-electron chi connectivity index (χ2n) is 3.74. The van der Waals surface area contributed by atoms with Gasteiger partial charge in [-0.15, -0.1) is 6.42 Å². The Morgan fingerprint density at radius 3 is 2.95 bits per heavy atom. The van der Waals surface area contributed by atoms with Crippen molar-refractivity contribution in [1.29, 1.82) is 0 Å². The zero-order chi connectivity index (χ0) is 13.7. The number of terminal acetylenes is 1. The summed E-state index contributed by atoms with van der Waals surface area (Å²) in [6, 6.07) is 7.41. The predicted molar refractivity (Wildman–Crippen MR) is 88.0 cm³/mol. The molecule has 0 radical (unpaired) electrons. The zero-order valence-corrected chi connectivity index (χ0v) is 12.5. The fraction of sp³-hybridized carbons (Fsp3) is 0.231. The minimum absolute atomic E-state index is 0.377. The fourth-order valence-corrected chi connectivity index (χ4v) is 2.99. The van der Waals surface area contributed by atoms with E-state index in [-0.39, 0.29) is 0 Å². The summed E-state index contributed by atoms with van der Waals surface area (Å²) < 4.78 is 0. The minimum Gasteiger partial charge on any atom is -0.332 e. The second kappa shape index (κ2) is 6.80.